The van der Waals surface area contributed by atoms with Crippen LogP contribution in [0.5, 0.6) is 0 Å². The molecule has 1 aliphatic rings. The molecule has 4 N–H and O–H groups in total. The number of nitrogens with one attached hydrogen (secondary N) is 1. The third kappa shape index (κ3) is 5.85. The average Bonchev–Trinajstić information content (AvgIpc) is 3.07. The van der Waals surface area contributed by atoms with Crippen LogP contribution in [0.1, 0.15) is 42.2 Å². The molecule has 196 valence electrons. The van der Waals surface area contributed by atoms with Crippen LogP contribution < -0.4 is 11.1 Å². The number of hydrogen-bond acceptors (Lipinski definition) is 5. The summed E-state index contributed by atoms with van der Waals surface area (Å²) < 4.78 is 27.6. The van der Waals surface area contributed by atoms with E-state index in [0.29, 0.717) is 16.5 Å². The zero-order chi connectivity index (χ0) is 27.4. The van der Waals surface area contributed by atoms with Crippen molar-refractivity contribution in [3.05, 3.63) is 113 Å². The molecule has 7 nitrogen and oxygen atoms in total. The largest absolute Gasteiger partial charge is 0.378 e. The lowest BCUT2D eigenvalue weighted by Crippen LogP contribution is -2.56. The quantitative estimate of drug-likeness (QED) is 0.462. The van der Waals surface area contributed by atoms with E-state index in [9.17, 15) is 28.3 Å². The van der Waals surface area contributed by atoms with Crippen molar-refractivity contribution >= 4 is 23.3 Å². The van der Waals surface area contributed by atoms with Crippen molar-refractivity contribution < 1.29 is 28.3 Å². The summed E-state index contributed by atoms with van der Waals surface area (Å²) in [6, 6.07) is 17.3. The van der Waals surface area contributed by atoms with Gasteiger partial charge in [0, 0.05) is 12.5 Å². The summed E-state index contributed by atoms with van der Waals surface area (Å²) in [5.41, 5.74) is 7.64. The number of rotatable bonds is 6. The molecule has 1 aliphatic heterocycles. The van der Waals surface area contributed by atoms with Crippen LogP contribution in [0.15, 0.2) is 84.9 Å². The van der Waals surface area contributed by atoms with E-state index in [1.165, 1.54) is 6.92 Å². The highest BCUT2D eigenvalue weighted by atomic mass is 19.1. The molecule has 38 heavy (non-hydrogen) atoms. The lowest BCUT2D eigenvalue weighted by Gasteiger charge is -2.32. The van der Waals surface area contributed by atoms with E-state index in [4.69, 9.17) is 5.73 Å². The summed E-state index contributed by atoms with van der Waals surface area (Å²) in [5, 5.41) is 13.6. The molecule has 4 atom stereocenters. The Morgan fingerprint density at radius 2 is 1.55 bits per heavy atom. The number of aliphatic hydroxyl groups is 1. The monoisotopic (exact) mass is 519 g/mol. The molecule has 0 fully saturated rings. The van der Waals surface area contributed by atoms with Crippen LogP contribution in [-0.4, -0.2) is 39.8 Å². The van der Waals surface area contributed by atoms with E-state index in [2.05, 4.69) is 5.32 Å². The number of hydrogen-bond donors (Lipinski definition) is 3. The standard InChI is InChI=1S/C29H27F2N3O4/c1-17(32)28(37)34(29(38)26(35)21-12-22(30)16-23(31)13-21)25-15-20(18-8-4-2-5-9-18)14-24(33-27(25)36)19-10-6-3-7-11-19/h2-14,16-17,24-26,35H,15,32H2,1H3,(H,33,36)/t17-,24+,25-,26-/m0/s1. The van der Waals surface area contributed by atoms with Gasteiger partial charge < -0.3 is 16.2 Å². The number of aliphatic hydroxyl groups excluding tert-OH is 1. The smallest absolute Gasteiger partial charge is 0.263 e. The molecule has 0 saturated carbocycles. The van der Waals surface area contributed by atoms with Gasteiger partial charge in [-0.3, -0.25) is 19.3 Å². The molecule has 9 heteroatoms. The molecular weight excluding hydrogens is 492 g/mol. The normalized spacial score (nSPS) is 19.0. The predicted molar refractivity (Wildman–Crippen MR) is 137 cm³/mol. The lowest BCUT2D eigenvalue weighted by molar-refractivity contribution is -0.157. The number of nitrogens with two attached hydrogens (primary N) is 1. The van der Waals surface area contributed by atoms with E-state index in [0.717, 1.165) is 23.3 Å². The first kappa shape index (κ1) is 26.8. The molecule has 1 heterocycles. The minimum Gasteiger partial charge on any atom is -0.378 e. The van der Waals surface area contributed by atoms with E-state index in [-0.39, 0.29) is 6.42 Å². The Morgan fingerprint density at radius 1 is 0.974 bits per heavy atom. The molecule has 0 bridgehead atoms. The molecule has 0 radical (unpaired) electrons. The van der Waals surface area contributed by atoms with Crippen LogP contribution >= 0.6 is 0 Å². The minimum absolute atomic E-state index is 0.0758. The zero-order valence-electron chi connectivity index (χ0n) is 20.6. The van der Waals surface area contributed by atoms with E-state index >= 15 is 0 Å². The number of amides is 3. The van der Waals surface area contributed by atoms with Gasteiger partial charge in [-0.15, -0.1) is 0 Å². The summed E-state index contributed by atoms with van der Waals surface area (Å²) in [5.74, 6) is -4.81. The fourth-order valence-corrected chi connectivity index (χ4v) is 4.42. The fourth-order valence-electron chi connectivity index (χ4n) is 4.42. The maximum absolute atomic E-state index is 13.8. The average molecular weight is 520 g/mol. The van der Waals surface area contributed by atoms with Crippen molar-refractivity contribution in [2.75, 3.05) is 0 Å². The topological polar surface area (TPSA) is 113 Å². The van der Waals surface area contributed by atoms with Crippen molar-refractivity contribution in [3.63, 3.8) is 0 Å². The molecule has 0 spiro atoms. The predicted octanol–water partition coefficient (Wildman–Crippen LogP) is 3.41. The van der Waals surface area contributed by atoms with Crippen molar-refractivity contribution in [2.24, 2.45) is 5.73 Å². The maximum Gasteiger partial charge on any atom is 0.263 e. The first-order valence-electron chi connectivity index (χ1n) is 12.0. The van der Waals surface area contributed by atoms with Crippen LogP contribution in [0.4, 0.5) is 8.78 Å². The lowest BCUT2D eigenvalue weighted by atomic mass is 9.95. The van der Waals surface area contributed by atoms with Gasteiger partial charge in [0.15, 0.2) is 6.10 Å². The van der Waals surface area contributed by atoms with Crippen LogP contribution in [0.25, 0.3) is 5.57 Å². The molecule has 0 unspecified atom stereocenters. The highest BCUT2D eigenvalue weighted by molar-refractivity contribution is 6.04. The van der Waals surface area contributed by atoms with Gasteiger partial charge in [0.25, 0.3) is 5.91 Å². The van der Waals surface area contributed by atoms with Crippen LogP contribution in [-0.2, 0) is 14.4 Å². The second-order valence-corrected chi connectivity index (χ2v) is 9.12. The molecule has 0 aromatic heterocycles. The summed E-state index contributed by atoms with van der Waals surface area (Å²) in [6.45, 7) is 1.34. The number of carbonyl (C=O) groups excluding carboxylic acids is 3. The molecular formula is C29H27F2N3O4. The van der Waals surface area contributed by atoms with Gasteiger partial charge in [-0.1, -0.05) is 66.7 Å². The number of benzene rings is 3. The van der Waals surface area contributed by atoms with Gasteiger partial charge in [0.1, 0.15) is 17.7 Å². The summed E-state index contributed by atoms with van der Waals surface area (Å²) >= 11 is 0. The van der Waals surface area contributed by atoms with Gasteiger partial charge in [0.2, 0.25) is 11.8 Å². The first-order valence-corrected chi connectivity index (χ1v) is 12.0. The van der Waals surface area contributed by atoms with Crippen molar-refractivity contribution in [3.8, 4) is 0 Å². The Kier molecular flexibility index (Phi) is 8.09. The first-order chi connectivity index (χ1) is 18.2. The minimum atomic E-state index is -2.12. The number of halogens is 2. The molecule has 0 aliphatic carbocycles. The summed E-state index contributed by atoms with van der Waals surface area (Å²) in [4.78, 5) is 40.9. The molecule has 3 aromatic rings. The second-order valence-electron chi connectivity index (χ2n) is 9.12. The molecule has 4 rings (SSSR count). The van der Waals surface area contributed by atoms with Crippen LogP contribution in [0, 0.1) is 11.6 Å². The molecule has 3 amide bonds. The van der Waals surface area contributed by atoms with E-state index in [1.54, 1.807) is 0 Å². The third-order valence-electron chi connectivity index (χ3n) is 6.30. The molecule has 0 saturated heterocycles. The van der Waals surface area contributed by atoms with Crippen molar-refractivity contribution in [1.29, 1.82) is 0 Å². The molecule has 3 aromatic carbocycles. The number of carbonyl (C=O) groups is 3. The van der Waals surface area contributed by atoms with Crippen LogP contribution in [0.2, 0.25) is 0 Å². The van der Waals surface area contributed by atoms with Gasteiger partial charge >= 0.3 is 0 Å². The Balaban J connectivity index is 1.78. The fraction of sp³-hybridized carbons (Fsp3) is 0.207. The number of imide groups is 1. The second kappa shape index (κ2) is 11.5. The SMILES string of the molecule is C[C@H](N)C(=O)N(C(=O)[C@@H](O)c1cc(F)cc(F)c1)[C@H]1CC(c2ccccc2)=C[C@H](c2ccccc2)NC1=O. The maximum atomic E-state index is 13.8. The zero-order valence-corrected chi connectivity index (χ0v) is 20.6. The Hall–Kier alpha value is -4.21. The van der Waals surface area contributed by atoms with Crippen LogP contribution in [0.3, 0.4) is 0 Å². The third-order valence-corrected chi connectivity index (χ3v) is 6.30. The van der Waals surface area contributed by atoms with Crippen molar-refractivity contribution in [1.82, 2.24) is 10.2 Å². The highest BCUT2D eigenvalue weighted by Crippen LogP contribution is 2.31. The highest BCUT2D eigenvalue weighted by Gasteiger charge is 2.41. The Morgan fingerprint density at radius 3 is 2.13 bits per heavy atom. The summed E-state index contributed by atoms with van der Waals surface area (Å²) in [6.07, 6.45) is -0.346. The number of nitrogens with zero attached hydrogens (tertiary/aromatic N) is 1. The van der Waals surface area contributed by atoms with Gasteiger partial charge in [-0.2, -0.15) is 0 Å². The van der Waals surface area contributed by atoms with Gasteiger partial charge in [-0.05, 0) is 41.3 Å². The van der Waals surface area contributed by atoms with Gasteiger partial charge in [-0.25, -0.2) is 8.78 Å². The van der Waals surface area contributed by atoms with Crippen molar-refractivity contribution in [2.45, 2.75) is 37.6 Å². The Labute approximate surface area is 218 Å². The van der Waals surface area contributed by atoms with Gasteiger partial charge in [0.05, 0.1) is 12.1 Å². The van der Waals surface area contributed by atoms with E-state index < -0.39 is 59.1 Å². The van der Waals surface area contributed by atoms with E-state index in [1.807, 2.05) is 66.7 Å². The summed E-state index contributed by atoms with van der Waals surface area (Å²) in [7, 11) is 0. The Bertz CT molecular complexity index is 1340.